The fourth-order valence-electron chi connectivity index (χ4n) is 4.54. The van der Waals surface area contributed by atoms with Crippen molar-refractivity contribution in [2.75, 3.05) is 33.0 Å². The molecule has 1 saturated heterocycles. The molecule has 2 aromatic carbocycles. The molecule has 0 amide bonds. The van der Waals surface area contributed by atoms with E-state index in [0.717, 1.165) is 35.0 Å². The van der Waals surface area contributed by atoms with Crippen molar-refractivity contribution >= 4 is 28.3 Å². The van der Waals surface area contributed by atoms with Crippen molar-refractivity contribution in [1.29, 1.82) is 0 Å². The lowest BCUT2D eigenvalue weighted by molar-refractivity contribution is 0.174. The van der Waals surface area contributed by atoms with Crippen molar-refractivity contribution in [3.8, 4) is 11.5 Å². The van der Waals surface area contributed by atoms with Crippen LogP contribution < -0.4 is 20.1 Å². The van der Waals surface area contributed by atoms with Gasteiger partial charge >= 0.3 is 0 Å². The Hall–Kier alpha value is -2.33. The topological polar surface area (TPSA) is 92.3 Å². The number of sulfonamides is 1. The van der Waals surface area contributed by atoms with Crippen LogP contribution in [0.3, 0.4) is 0 Å². The van der Waals surface area contributed by atoms with Crippen LogP contribution in [0.4, 0.5) is 0 Å². The number of hydrogen-bond acceptors (Lipinski definition) is 7. The number of fused-ring (bicyclic) bond motifs is 1. The van der Waals surface area contributed by atoms with Gasteiger partial charge in [-0.05, 0) is 49.6 Å². The van der Waals surface area contributed by atoms with Crippen molar-refractivity contribution in [2.45, 2.75) is 36.7 Å². The summed E-state index contributed by atoms with van der Waals surface area (Å²) in [5, 5.41) is 7.13. The fourth-order valence-corrected chi connectivity index (χ4v) is 5.98. The Morgan fingerprint density at radius 3 is 2.58 bits per heavy atom. The quantitative estimate of drug-likeness (QED) is 0.681. The molecule has 0 aromatic heterocycles. The first-order valence-corrected chi connectivity index (χ1v) is 12.4. The summed E-state index contributed by atoms with van der Waals surface area (Å²) in [5.74, 6) is 2.44. The normalized spacial score (nSPS) is 19.6. The van der Waals surface area contributed by atoms with E-state index in [1.807, 2.05) is 37.3 Å². The standard InChI is InChI=1S/C23H28N4O4S.ClH/c1-17-2-5-19(6-3-17)32(28,29)27-12-8-23(9-13-27)22(24-10-11-26-23)25-15-18-4-7-20-21(14-18)31-16-30-20;/h2-7,14,26H,8-13,15-16H2,1H3,(H,24,25);1H. The number of nitrogens with one attached hydrogen (secondary N) is 2. The van der Waals surface area contributed by atoms with Crippen LogP contribution in [0.25, 0.3) is 0 Å². The van der Waals surface area contributed by atoms with E-state index >= 15 is 0 Å². The van der Waals surface area contributed by atoms with Crippen LogP contribution in [0.15, 0.2) is 52.4 Å². The minimum atomic E-state index is -3.49. The minimum Gasteiger partial charge on any atom is -0.454 e. The van der Waals surface area contributed by atoms with Gasteiger partial charge in [-0.2, -0.15) is 4.31 Å². The summed E-state index contributed by atoms with van der Waals surface area (Å²) < 4.78 is 38.6. The number of ether oxygens (including phenoxy) is 2. The zero-order valence-corrected chi connectivity index (χ0v) is 20.2. The zero-order valence-electron chi connectivity index (χ0n) is 18.5. The second-order valence-electron chi connectivity index (χ2n) is 8.50. The van der Waals surface area contributed by atoms with Gasteiger partial charge in [0.15, 0.2) is 11.5 Å². The third kappa shape index (κ3) is 4.68. The van der Waals surface area contributed by atoms with E-state index in [0.29, 0.717) is 43.9 Å². The predicted octanol–water partition coefficient (Wildman–Crippen LogP) is 2.46. The van der Waals surface area contributed by atoms with Gasteiger partial charge in [0.05, 0.1) is 17.0 Å². The summed E-state index contributed by atoms with van der Waals surface area (Å²) in [6, 6.07) is 13.0. The van der Waals surface area contributed by atoms with E-state index in [1.54, 1.807) is 16.4 Å². The van der Waals surface area contributed by atoms with Crippen LogP contribution in [0.5, 0.6) is 11.5 Å². The van der Waals surface area contributed by atoms with Crippen molar-refractivity contribution in [2.24, 2.45) is 4.99 Å². The number of hydrogen-bond donors (Lipinski definition) is 2. The summed E-state index contributed by atoms with van der Waals surface area (Å²) in [4.78, 5) is 5.12. The van der Waals surface area contributed by atoms with Crippen molar-refractivity contribution in [3.05, 3.63) is 53.6 Å². The molecule has 1 spiro atoms. The van der Waals surface area contributed by atoms with Crippen LogP contribution in [0.2, 0.25) is 0 Å². The van der Waals surface area contributed by atoms with Gasteiger partial charge in [0.1, 0.15) is 5.84 Å². The zero-order chi connectivity index (χ0) is 22.2. The second-order valence-corrected chi connectivity index (χ2v) is 10.4. The predicted molar refractivity (Wildman–Crippen MR) is 129 cm³/mol. The molecular weight excluding hydrogens is 464 g/mol. The molecule has 3 aliphatic rings. The molecule has 3 heterocycles. The van der Waals surface area contributed by atoms with Crippen molar-refractivity contribution in [3.63, 3.8) is 0 Å². The molecule has 3 aliphatic heterocycles. The van der Waals surface area contributed by atoms with Gasteiger partial charge in [-0.25, -0.2) is 8.42 Å². The highest BCUT2D eigenvalue weighted by Crippen LogP contribution is 2.33. The van der Waals surface area contributed by atoms with E-state index < -0.39 is 10.0 Å². The van der Waals surface area contributed by atoms with Gasteiger partial charge < -0.3 is 20.1 Å². The molecule has 33 heavy (non-hydrogen) atoms. The lowest BCUT2D eigenvalue weighted by atomic mass is 9.85. The van der Waals surface area contributed by atoms with Gasteiger partial charge in [-0.3, -0.25) is 4.99 Å². The Morgan fingerprint density at radius 1 is 1.09 bits per heavy atom. The van der Waals surface area contributed by atoms with Crippen molar-refractivity contribution < 1.29 is 17.9 Å². The number of nitrogens with zero attached hydrogens (tertiary/aromatic N) is 2. The third-order valence-electron chi connectivity index (χ3n) is 6.43. The lowest BCUT2D eigenvalue weighted by Gasteiger charge is -2.44. The average molecular weight is 493 g/mol. The Morgan fingerprint density at radius 2 is 1.82 bits per heavy atom. The van der Waals surface area contributed by atoms with E-state index in [9.17, 15) is 8.42 Å². The largest absolute Gasteiger partial charge is 0.454 e. The van der Waals surface area contributed by atoms with Crippen LogP contribution in [0, 0.1) is 6.92 Å². The maximum atomic E-state index is 13.1. The number of benzene rings is 2. The lowest BCUT2D eigenvalue weighted by Crippen LogP contribution is -2.64. The summed E-state index contributed by atoms with van der Waals surface area (Å²) in [5.41, 5.74) is 1.80. The van der Waals surface area contributed by atoms with E-state index in [2.05, 4.69) is 10.6 Å². The van der Waals surface area contributed by atoms with Crippen LogP contribution in [-0.4, -0.2) is 57.1 Å². The fraction of sp³-hybridized carbons (Fsp3) is 0.435. The molecule has 2 aromatic rings. The first-order valence-electron chi connectivity index (χ1n) is 11.0. The number of amidine groups is 1. The minimum absolute atomic E-state index is 0. The smallest absolute Gasteiger partial charge is 0.243 e. The van der Waals surface area contributed by atoms with Gasteiger partial charge in [-0.15, -0.1) is 12.4 Å². The molecule has 178 valence electrons. The highest BCUT2D eigenvalue weighted by molar-refractivity contribution is 7.89. The number of aliphatic imine (C=N–C) groups is 1. The van der Waals surface area contributed by atoms with Gasteiger partial charge in [0.2, 0.25) is 16.8 Å². The van der Waals surface area contributed by atoms with Crippen LogP contribution in [-0.2, 0) is 16.6 Å². The monoisotopic (exact) mass is 492 g/mol. The average Bonchev–Trinajstić information content (AvgIpc) is 3.27. The molecule has 5 rings (SSSR count). The SMILES string of the molecule is Cc1ccc(S(=O)(=O)N2CCC3(CC2)NCCN=C3NCc2ccc3c(c2)OCO3)cc1.Cl. The molecule has 2 N–H and O–H groups in total. The van der Waals surface area contributed by atoms with Gasteiger partial charge in [0.25, 0.3) is 0 Å². The maximum Gasteiger partial charge on any atom is 0.243 e. The molecule has 1 fully saturated rings. The number of rotatable bonds is 4. The molecule has 0 aliphatic carbocycles. The Balaban J connectivity index is 0.00000259. The highest BCUT2D eigenvalue weighted by Gasteiger charge is 2.43. The van der Waals surface area contributed by atoms with E-state index in [1.165, 1.54) is 0 Å². The molecule has 0 unspecified atom stereocenters. The van der Waals surface area contributed by atoms with Gasteiger partial charge in [0, 0.05) is 26.2 Å². The highest BCUT2D eigenvalue weighted by atomic mass is 35.5. The Bertz CT molecular complexity index is 1130. The molecule has 0 atom stereocenters. The van der Waals surface area contributed by atoms with E-state index in [-0.39, 0.29) is 24.7 Å². The van der Waals surface area contributed by atoms with Crippen LogP contribution >= 0.6 is 12.4 Å². The molecule has 0 bridgehead atoms. The first-order chi connectivity index (χ1) is 15.5. The summed E-state index contributed by atoms with van der Waals surface area (Å²) in [6.07, 6.45) is 1.34. The third-order valence-corrected chi connectivity index (χ3v) is 8.34. The summed E-state index contributed by atoms with van der Waals surface area (Å²) >= 11 is 0. The molecule has 0 radical (unpaired) electrons. The number of halogens is 1. The Labute approximate surface area is 200 Å². The van der Waals surface area contributed by atoms with Crippen molar-refractivity contribution in [1.82, 2.24) is 14.9 Å². The second kappa shape index (κ2) is 9.50. The maximum absolute atomic E-state index is 13.1. The van der Waals surface area contributed by atoms with Gasteiger partial charge in [-0.1, -0.05) is 23.8 Å². The number of piperidine rings is 1. The van der Waals surface area contributed by atoms with E-state index in [4.69, 9.17) is 14.5 Å². The summed E-state index contributed by atoms with van der Waals surface area (Å²) in [7, 11) is -3.49. The molecule has 8 nitrogen and oxygen atoms in total. The summed E-state index contributed by atoms with van der Waals surface area (Å²) in [6.45, 7) is 5.23. The molecule has 10 heteroatoms. The van der Waals surface area contributed by atoms with Crippen LogP contribution in [0.1, 0.15) is 24.0 Å². The number of aryl methyl sites for hydroxylation is 1. The molecule has 0 saturated carbocycles. The Kier molecular flexibility index (Phi) is 6.86. The first kappa shape index (κ1) is 23.8. The molecular formula is C23H29ClN4O4S.